The van der Waals surface area contributed by atoms with E-state index in [4.69, 9.17) is 4.74 Å². The van der Waals surface area contributed by atoms with Crippen molar-refractivity contribution in [2.45, 2.75) is 19.4 Å². The van der Waals surface area contributed by atoms with Gasteiger partial charge in [0.05, 0.1) is 30.5 Å². The van der Waals surface area contributed by atoms with Gasteiger partial charge in [-0.05, 0) is 31.0 Å². The Labute approximate surface area is 130 Å². The maximum absolute atomic E-state index is 11.8. The van der Waals surface area contributed by atoms with Crippen LogP contribution in [0.1, 0.15) is 12.5 Å². The van der Waals surface area contributed by atoms with Crippen LogP contribution in [-0.2, 0) is 21.2 Å². The van der Waals surface area contributed by atoms with Crippen LogP contribution < -0.4 is 4.72 Å². The molecule has 6 heteroatoms. The monoisotopic (exact) mass is 320 g/mol. The zero-order valence-electron chi connectivity index (χ0n) is 12.5. The molecule has 2 unspecified atom stereocenters. The van der Waals surface area contributed by atoms with Crippen LogP contribution in [0.3, 0.4) is 0 Å². The summed E-state index contributed by atoms with van der Waals surface area (Å²) in [6, 6.07) is 9.86. The lowest BCUT2D eigenvalue weighted by atomic mass is 9.93. The number of nitrogens with zero attached hydrogens (tertiary/aromatic N) is 1. The number of aromatic nitrogens is 1. The van der Waals surface area contributed by atoms with Crippen molar-refractivity contribution in [2.75, 3.05) is 19.0 Å². The summed E-state index contributed by atoms with van der Waals surface area (Å²) < 4.78 is 31.8. The first-order valence-corrected chi connectivity index (χ1v) is 9.14. The Morgan fingerprint density at radius 3 is 2.91 bits per heavy atom. The third kappa shape index (κ3) is 3.29. The summed E-state index contributed by atoms with van der Waals surface area (Å²) in [7, 11) is -3.21. The molecule has 1 N–H and O–H groups in total. The summed E-state index contributed by atoms with van der Waals surface area (Å²) in [5.74, 6) is 0.237. The van der Waals surface area contributed by atoms with Crippen LogP contribution in [0.2, 0.25) is 0 Å². The van der Waals surface area contributed by atoms with E-state index in [2.05, 4.69) is 15.8 Å². The lowest BCUT2D eigenvalue weighted by molar-refractivity contribution is 0.183. The third-order valence-corrected chi connectivity index (χ3v) is 5.55. The molecular formula is C16H20N2O3S. The Hall–Kier alpha value is -1.50. The van der Waals surface area contributed by atoms with Gasteiger partial charge in [0.25, 0.3) is 0 Å². The second-order valence-electron chi connectivity index (χ2n) is 5.62. The van der Waals surface area contributed by atoms with Crippen molar-refractivity contribution < 1.29 is 13.2 Å². The quantitative estimate of drug-likeness (QED) is 0.911. The van der Waals surface area contributed by atoms with Crippen molar-refractivity contribution in [2.24, 2.45) is 5.92 Å². The molecule has 22 heavy (non-hydrogen) atoms. The first kappa shape index (κ1) is 15.4. The van der Waals surface area contributed by atoms with Crippen LogP contribution in [0.5, 0.6) is 0 Å². The molecule has 1 aromatic heterocycles. The molecule has 0 amide bonds. The Kier molecular flexibility index (Phi) is 4.42. The van der Waals surface area contributed by atoms with Crippen LogP contribution in [-0.4, -0.2) is 38.4 Å². The van der Waals surface area contributed by atoms with E-state index in [9.17, 15) is 8.42 Å². The molecule has 0 radical (unpaired) electrons. The van der Waals surface area contributed by atoms with Crippen LogP contribution in [0.15, 0.2) is 36.5 Å². The fourth-order valence-corrected chi connectivity index (χ4v) is 3.75. The normalized spacial score (nSPS) is 22.2. The number of nitrogens with one attached hydrogen (secondary N) is 1. The van der Waals surface area contributed by atoms with Gasteiger partial charge < -0.3 is 4.74 Å². The number of fused-ring (bicyclic) bond motifs is 1. The average Bonchev–Trinajstić information content (AvgIpc) is 2.94. The van der Waals surface area contributed by atoms with Crippen molar-refractivity contribution >= 4 is 20.9 Å². The molecule has 0 aliphatic carbocycles. The largest absolute Gasteiger partial charge is 0.379 e. The first-order chi connectivity index (χ1) is 10.6. The molecule has 5 nitrogen and oxygen atoms in total. The van der Waals surface area contributed by atoms with Crippen LogP contribution >= 0.6 is 0 Å². The van der Waals surface area contributed by atoms with Crippen LogP contribution in [0.4, 0.5) is 0 Å². The van der Waals surface area contributed by atoms with Crippen molar-refractivity contribution in [3.05, 3.63) is 42.1 Å². The molecule has 0 bridgehead atoms. The number of ether oxygens (including phenoxy) is 1. The molecule has 0 saturated carbocycles. The third-order valence-electron chi connectivity index (χ3n) is 4.13. The van der Waals surface area contributed by atoms with Gasteiger partial charge in [-0.15, -0.1) is 0 Å². The Morgan fingerprint density at radius 1 is 1.27 bits per heavy atom. The van der Waals surface area contributed by atoms with Crippen LogP contribution in [0, 0.1) is 5.92 Å². The van der Waals surface area contributed by atoms with Gasteiger partial charge >= 0.3 is 0 Å². The molecule has 3 rings (SSSR count). The highest BCUT2D eigenvalue weighted by Gasteiger charge is 2.31. The molecule has 1 aliphatic heterocycles. The Bertz CT molecular complexity index is 756. The first-order valence-electron chi connectivity index (χ1n) is 7.49. The number of hydrogen-bond donors (Lipinski definition) is 1. The SMILES string of the molecule is CCS(=O)(=O)NC1COCC1Cc1ccnc2ccccc12. The summed E-state index contributed by atoms with van der Waals surface area (Å²) in [4.78, 5) is 4.37. The number of benzene rings is 1. The molecule has 118 valence electrons. The van der Waals surface area contributed by atoms with E-state index >= 15 is 0 Å². The second-order valence-corrected chi connectivity index (χ2v) is 7.66. The van der Waals surface area contributed by atoms with Gasteiger partial charge in [0.1, 0.15) is 0 Å². The number of sulfonamides is 1. The van der Waals surface area contributed by atoms with Gasteiger partial charge in [-0.1, -0.05) is 18.2 Å². The molecule has 1 aliphatic rings. The van der Waals surface area contributed by atoms with E-state index in [0.29, 0.717) is 13.2 Å². The molecule has 1 saturated heterocycles. The number of hydrogen-bond acceptors (Lipinski definition) is 4. The second kappa shape index (κ2) is 6.32. The number of para-hydroxylation sites is 1. The predicted molar refractivity (Wildman–Crippen MR) is 86.1 cm³/mol. The zero-order valence-corrected chi connectivity index (χ0v) is 13.3. The topological polar surface area (TPSA) is 68.3 Å². The summed E-state index contributed by atoms with van der Waals surface area (Å²) in [5.41, 5.74) is 2.14. The summed E-state index contributed by atoms with van der Waals surface area (Å²) in [5, 5.41) is 1.12. The van der Waals surface area contributed by atoms with Crippen molar-refractivity contribution in [1.82, 2.24) is 9.71 Å². The highest BCUT2D eigenvalue weighted by atomic mass is 32.2. The van der Waals surface area contributed by atoms with Gasteiger partial charge in [0, 0.05) is 17.5 Å². The molecule has 0 spiro atoms. The maximum Gasteiger partial charge on any atom is 0.211 e. The highest BCUT2D eigenvalue weighted by Crippen LogP contribution is 2.24. The Morgan fingerprint density at radius 2 is 2.09 bits per heavy atom. The summed E-state index contributed by atoms with van der Waals surface area (Å²) >= 11 is 0. The van der Waals surface area contributed by atoms with Crippen molar-refractivity contribution in [1.29, 1.82) is 0 Å². The van der Waals surface area contributed by atoms with Crippen molar-refractivity contribution in [3.63, 3.8) is 0 Å². The molecular weight excluding hydrogens is 300 g/mol. The predicted octanol–water partition coefficient (Wildman–Crippen LogP) is 1.73. The molecule has 1 aromatic carbocycles. The van der Waals surface area contributed by atoms with E-state index in [0.717, 1.165) is 17.3 Å². The summed E-state index contributed by atoms with van der Waals surface area (Å²) in [6.45, 7) is 2.66. The average molecular weight is 320 g/mol. The van der Waals surface area contributed by atoms with Crippen molar-refractivity contribution in [3.8, 4) is 0 Å². The minimum atomic E-state index is -3.21. The molecule has 2 atom stereocenters. The van der Waals surface area contributed by atoms with E-state index in [1.54, 1.807) is 13.1 Å². The van der Waals surface area contributed by atoms with E-state index in [1.165, 1.54) is 5.56 Å². The van der Waals surface area contributed by atoms with Crippen LogP contribution in [0.25, 0.3) is 10.9 Å². The minimum absolute atomic E-state index is 0.0917. The van der Waals surface area contributed by atoms with Gasteiger partial charge in [-0.2, -0.15) is 0 Å². The van der Waals surface area contributed by atoms with Gasteiger partial charge in [-0.3, -0.25) is 4.98 Å². The minimum Gasteiger partial charge on any atom is -0.379 e. The highest BCUT2D eigenvalue weighted by molar-refractivity contribution is 7.89. The molecule has 1 fully saturated rings. The fourth-order valence-electron chi connectivity index (χ4n) is 2.86. The molecule has 2 heterocycles. The van der Waals surface area contributed by atoms with E-state index in [-0.39, 0.29) is 17.7 Å². The molecule has 2 aromatic rings. The zero-order chi connectivity index (χ0) is 15.6. The lowest BCUT2D eigenvalue weighted by Crippen LogP contribution is -2.41. The lowest BCUT2D eigenvalue weighted by Gasteiger charge is -2.19. The number of rotatable bonds is 5. The number of pyridine rings is 1. The smallest absolute Gasteiger partial charge is 0.211 e. The van der Waals surface area contributed by atoms with E-state index < -0.39 is 10.0 Å². The van der Waals surface area contributed by atoms with Gasteiger partial charge in [0.15, 0.2) is 0 Å². The van der Waals surface area contributed by atoms with Gasteiger partial charge in [0.2, 0.25) is 10.0 Å². The summed E-state index contributed by atoms with van der Waals surface area (Å²) in [6.07, 6.45) is 2.58. The Balaban J connectivity index is 1.82. The standard InChI is InChI=1S/C16H20N2O3S/c1-2-22(19,20)18-16-11-21-10-13(16)9-12-7-8-17-15-6-4-3-5-14(12)15/h3-8,13,16,18H,2,9-11H2,1H3. The fraction of sp³-hybridized carbons (Fsp3) is 0.438. The van der Waals surface area contributed by atoms with E-state index in [1.807, 2.05) is 24.3 Å². The van der Waals surface area contributed by atoms with Gasteiger partial charge in [-0.25, -0.2) is 13.1 Å². The maximum atomic E-state index is 11.8.